The van der Waals surface area contributed by atoms with Crippen molar-refractivity contribution >= 4 is 39.1 Å². The Morgan fingerprint density at radius 3 is 2.14 bits per heavy atom. The lowest BCUT2D eigenvalue weighted by molar-refractivity contribution is 0.732. The van der Waals surface area contributed by atoms with Gasteiger partial charge in [-0.15, -0.1) is 0 Å². The van der Waals surface area contributed by atoms with Crippen LogP contribution < -0.4 is 5.56 Å². The average molecular weight is 394 g/mol. The minimum Gasteiger partial charge on any atom is -0.278 e. The Bertz CT molecular complexity index is 598. The molecule has 6 heteroatoms. The van der Waals surface area contributed by atoms with E-state index in [1.54, 1.807) is 12.1 Å². The summed E-state index contributed by atoms with van der Waals surface area (Å²) in [4.78, 5) is 15.7. The number of halogens is 3. The molecule has 116 valence electrons. The van der Waals surface area contributed by atoms with Gasteiger partial charge in [0.15, 0.2) is 0 Å². The molecule has 2 rings (SSSR count). The predicted octanol–water partition coefficient (Wildman–Crippen LogP) is 5.41. The molecule has 1 aromatic carbocycles. The summed E-state index contributed by atoms with van der Waals surface area (Å²) >= 11 is 14.8. The average Bonchev–Trinajstić information content (AvgIpc) is 2.53. The van der Waals surface area contributed by atoms with Crippen molar-refractivity contribution in [1.82, 2.24) is 9.55 Å². The number of aromatic nitrogens is 2. The summed E-state index contributed by atoms with van der Waals surface area (Å²) in [6, 6.07) is 7.21. The van der Waals surface area contributed by atoms with Crippen molar-refractivity contribution in [3.8, 4) is 0 Å². The van der Waals surface area contributed by atoms with Gasteiger partial charge in [-0.25, -0.2) is 4.98 Å². The van der Waals surface area contributed by atoms with Gasteiger partial charge < -0.3 is 0 Å². The Morgan fingerprint density at radius 1 is 1.10 bits per heavy atom. The van der Waals surface area contributed by atoms with Gasteiger partial charge in [-0.2, -0.15) is 0 Å². The first-order chi connectivity index (χ1) is 10.1. The second kappa shape index (κ2) is 10.8. The molecule has 0 unspecified atom stereocenters. The molecule has 1 aromatic heterocycles. The minimum atomic E-state index is -0.208. The van der Waals surface area contributed by atoms with Gasteiger partial charge in [0.1, 0.15) is 4.47 Å². The lowest BCUT2D eigenvalue weighted by atomic mass is 10.2. The Kier molecular flexibility index (Phi) is 10.4. The molecule has 0 aliphatic rings. The molecule has 0 radical (unpaired) electrons. The van der Waals surface area contributed by atoms with Crippen LogP contribution in [0, 0.1) is 0 Å². The summed E-state index contributed by atoms with van der Waals surface area (Å²) in [5, 5.41) is 0.813. The van der Waals surface area contributed by atoms with E-state index < -0.39 is 0 Å². The van der Waals surface area contributed by atoms with Crippen molar-refractivity contribution in [3.05, 3.63) is 61.2 Å². The van der Waals surface area contributed by atoms with E-state index in [9.17, 15) is 4.79 Å². The van der Waals surface area contributed by atoms with Crippen molar-refractivity contribution in [3.63, 3.8) is 0 Å². The maximum Gasteiger partial charge on any atom is 0.269 e. The van der Waals surface area contributed by atoms with Gasteiger partial charge in [0.25, 0.3) is 5.56 Å². The molecule has 0 amide bonds. The number of benzene rings is 1. The summed E-state index contributed by atoms with van der Waals surface area (Å²) in [5.41, 5.74) is 0.721. The summed E-state index contributed by atoms with van der Waals surface area (Å²) in [6.45, 7) is 8.36. The quantitative estimate of drug-likeness (QED) is 0.639. The first-order valence-corrected chi connectivity index (χ1v) is 8.28. The molecular weight excluding hydrogens is 375 g/mol. The van der Waals surface area contributed by atoms with Crippen LogP contribution in [0.3, 0.4) is 0 Å². The zero-order valence-corrected chi connectivity index (χ0v) is 15.6. The Balaban J connectivity index is 0.000000921. The third kappa shape index (κ3) is 6.20. The van der Waals surface area contributed by atoms with E-state index >= 15 is 0 Å². The standard InChI is InChI=1S/C11H7BrCl2N2O.2C2H6/c12-9-5-15-11(14)16(10(9)17)6-7-1-3-8(13)4-2-7;2*1-2/h1-5H,6H2;2*1-2H3. The zero-order chi connectivity index (χ0) is 16.4. The largest absolute Gasteiger partial charge is 0.278 e. The maximum atomic E-state index is 11.8. The van der Waals surface area contributed by atoms with Crippen LogP contribution in [0.2, 0.25) is 10.3 Å². The molecule has 0 saturated heterocycles. The van der Waals surface area contributed by atoms with Crippen molar-refractivity contribution in [1.29, 1.82) is 0 Å². The van der Waals surface area contributed by atoms with Crippen LogP contribution in [0.15, 0.2) is 39.7 Å². The van der Waals surface area contributed by atoms with Crippen LogP contribution in [-0.2, 0) is 6.54 Å². The molecule has 2 aromatic rings. The van der Waals surface area contributed by atoms with E-state index in [0.29, 0.717) is 16.0 Å². The van der Waals surface area contributed by atoms with Crippen LogP contribution in [-0.4, -0.2) is 9.55 Å². The molecule has 0 bridgehead atoms. The first-order valence-electron chi connectivity index (χ1n) is 6.73. The number of nitrogens with zero attached hydrogens (tertiary/aromatic N) is 2. The molecule has 1 heterocycles. The molecule has 0 spiro atoms. The summed E-state index contributed by atoms with van der Waals surface area (Å²) in [7, 11) is 0. The third-order valence-corrected chi connectivity index (χ3v) is 3.31. The molecule has 0 saturated carbocycles. The van der Waals surface area contributed by atoms with Crippen LogP contribution in [0.25, 0.3) is 0 Å². The molecule has 3 nitrogen and oxygen atoms in total. The Morgan fingerprint density at radius 2 is 1.62 bits per heavy atom. The Hall–Kier alpha value is -0.840. The number of hydrogen-bond donors (Lipinski definition) is 0. The van der Waals surface area contributed by atoms with E-state index in [2.05, 4.69) is 20.9 Å². The van der Waals surface area contributed by atoms with Crippen molar-refractivity contribution < 1.29 is 0 Å². The molecule has 0 fully saturated rings. The van der Waals surface area contributed by atoms with Crippen LogP contribution in [0.5, 0.6) is 0 Å². The first kappa shape index (κ1) is 20.2. The smallest absolute Gasteiger partial charge is 0.269 e. The normalized spacial score (nSPS) is 9.10. The van der Waals surface area contributed by atoms with E-state index in [-0.39, 0.29) is 10.8 Å². The molecule has 0 N–H and O–H groups in total. The summed E-state index contributed by atoms with van der Waals surface area (Å²) in [6.07, 6.45) is 1.39. The topological polar surface area (TPSA) is 34.9 Å². The summed E-state index contributed by atoms with van der Waals surface area (Å²) in [5.74, 6) is 0. The van der Waals surface area contributed by atoms with E-state index in [1.807, 2.05) is 39.8 Å². The van der Waals surface area contributed by atoms with Gasteiger partial charge in [-0.1, -0.05) is 51.4 Å². The van der Waals surface area contributed by atoms with Gasteiger partial charge in [-0.05, 0) is 45.2 Å². The zero-order valence-electron chi connectivity index (χ0n) is 12.5. The molecule has 0 aliphatic carbocycles. The highest BCUT2D eigenvalue weighted by atomic mass is 79.9. The maximum absolute atomic E-state index is 11.8. The molecule has 0 aliphatic heterocycles. The highest BCUT2D eigenvalue weighted by molar-refractivity contribution is 9.10. The van der Waals surface area contributed by atoms with Gasteiger partial charge in [0, 0.05) is 5.02 Å². The second-order valence-electron chi connectivity index (χ2n) is 3.39. The fourth-order valence-corrected chi connectivity index (χ4v) is 1.98. The van der Waals surface area contributed by atoms with E-state index in [1.165, 1.54) is 10.8 Å². The van der Waals surface area contributed by atoms with Crippen molar-refractivity contribution in [2.24, 2.45) is 0 Å². The third-order valence-electron chi connectivity index (χ3n) is 2.21. The van der Waals surface area contributed by atoms with Gasteiger partial charge in [-0.3, -0.25) is 9.36 Å². The van der Waals surface area contributed by atoms with Crippen LogP contribution in [0.1, 0.15) is 33.3 Å². The van der Waals surface area contributed by atoms with Crippen LogP contribution >= 0.6 is 39.1 Å². The Labute approximate surface area is 144 Å². The lowest BCUT2D eigenvalue weighted by Crippen LogP contribution is -2.22. The lowest BCUT2D eigenvalue weighted by Gasteiger charge is -2.07. The SMILES string of the molecule is CC.CC.O=c1c(Br)cnc(Cl)n1Cc1ccc(Cl)cc1. The van der Waals surface area contributed by atoms with Crippen molar-refractivity contribution in [2.45, 2.75) is 34.2 Å². The van der Waals surface area contributed by atoms with Gasteiger partial charge >= 0.3 is 0 Å². The predicted molar refractivity (Wildman–Crippen MR) is 94.5 cm³/mol. The fourth-order valence-electron chi connectivity index (χ4n) is 1.36. The monoisotopic (exact) mass is 392 g/mol. The van der Waals surface area contributed by atoms with Gasteiger partial charge in [0.05, 0.1) is 12.7 Å². The second-order valence-corrected chi connectivity index (χ2v) is 5.02. The van der Waals surface area contributed by atoms with E-state index in [0.717, 1.165) is 5.56 Å². The highest BCUT2D eigenvalue weighted by Crippen LogP contribution is 2.13. The molecule has 0 atom stereocenters. The fraction of sp³-hybridized carbons (Fsp3) is 0.333. The molecular formula is C15H19BrCl2N2O. The number of rotatable bonds is 2. The van der Waals surface area contributed by atoms with Gasteiger partial charge in [0.2, 0.25) is 5.28 Å². The van der Waals surface area contributed by atoms with E-state index in [4.69, 9.17) is 23.2 Å². The number of hydrogen-bond acceptors (Lipinski definition) is 2. The van der Waals surface area contributed by atoms with Crippen molar-refractivity contribution in [2.75, 3.05) is 0 Å². The van der Waals surface area contributed by atoms with Crippen LogP contribution in [0.4, 0.5) is 0 Å². The minimum absolute atomic E-state index is 0.160. The molecule has 21 heavy (non-hydrogen) atoms. The summed E-state index contributed by atoms with van der Waals surface area (Å²) < 4.78 is 1.77. The highest BCUT2D eigenvalue weighted by Gasteiger charge is 2.07.